The van der Waals surface area contributed by atoms with Crippen LogP contribution in [-0.4, -0.2) is 20.9 Å². The first-order chi connectivity index (χ1) is 9.77. The Kier molecular flexibility index (Phi) is 6.36. The van der Waals surface area contributed by atoms with Gasteiger partial charge in [-0.15, -0.1) is 0 Å². The van der Waals surface area contributed by atoms with Crippen LogP contribution in [0.15, 0.2) is 17.0 Å². The SMILES string of the molecule is CCCCCCNC(=O)c1cc(C)c(C)c(S(N)(=O)=O)c1. The van der Waals surface area contributed by atoms with Gasteiger partial charge in [0.15, 0.2) is 0 Å². The summed E-state index contributed by atoms with van der Waals surface area (Å²) in [6.45, 7) is 6.17. The van der Waals surface area contributed by atoms with Crippen molar-refractivity contribution in [1.82, 2.24) is 5.32 Å². The molecule has 0 heterocycles. The third kappa shape index (κ3) is 5.13. The summed E-state index contributed by atoms with van der Waals surface area (Å²) in [6, 6.07) is 3.03. The minimum Gasteiger partial charge on any atom is -0.352 e. The smallest absolute Gasteiger partial charge is 0.251 e. The number of aryl methyl sites for hydroxylation is 1. The van der Waals surface area contributed by atoms with Crippen LogP contribution in [0, 0.1) is 13.8 Å². The molecule has 1 amide bonds. The number of nitrogens with two attached hydrogens (primary N) is 1. The van der Waals surface area contributed by atoms with Gasteiger partial charge in [-0.3, -0.25) is 4.79 Å². The van der Waals surface area contributed by atoms with E-state index in [0.717, 1.165) is 31.2 Å². The maximum absolute atomic E-state index is 12.1. The van der Waals surface area contributed by atoms with Gasteiger partial charge < -0.3 is 5.32 Å². The highest BCUT2D eigenvalue weighted by atomic mass is 32.2. The van der Waals surface area contributed by atoms with Gasteiger partial charge in [0.2, 0.25) is 10.0 Å². The lowest BCUT2D eigenvalue weighted by Gasteiger charge is -2.11. The molecule has 0 bridgehead atoms. The Morgan fingerprint density at radius 1 is 1.19 bits per heavy atom. The first kappa shape index (κ1) is 17.7. The Bertz CT molecular complexity index is 610. The van der Waals surface area contributed by atoms with Crippen LogP contribution in [-0.2, 0) is 10.0 Å². The van der Waals surface area contributed by atoms with Gasteiger partial charge in [0.25, 0.3) is 5.91 Å². The van der Waals surface area contributed by atoms with E-state index in [2.05, 4.69) is 12.2 Å². The zero-order chi connectivity index (χ0) is 16.0. The maximum Gasteiger partial charge on any atom is 0.251 e. The Labute approximate surface area is 127 Å². The van der Waals surface area contributed by atoms with E-state index in [4.69, 9.17) is 5.14 Å². The number of nitrogens with one attached hydrogen (secondary N) is 1. The van der Waals surface area contributed by atoms with Crippen LogP contribution in [0.3, 0.4) is 0 Å². The van der Waals surface area contributed by atoms with Crippen molar-refractivity contribution in [3.05, 3.63) is 28.8 Å². The first-order valence-electron chi connectivity index (χ1n) is 7.19. The summed E-state index contributed by atoms with van der Waals surface area (Å²) < 4.78 is 23.1. The number of hydrogen-bond donors (Lipinski definition) is 2. The van der Waals surface area contributed by atoms with Crippen molar-refractivity contribution in [2.24, 2.45) is 5.14 Å². The van der Waals surface area contributed by atoms with Gasteiger partial charge in [0, 0.05) is 12.1 Å². The van der Waals surface area contributed by atoms with Crippen molar-refractivity contribution in [3.8, 4) is 0 Å². The molecule has 118 valence electrons. The van der Waals surface area contributed by atoms with Gasteiger partial charge in [0.05, 0.1) is 4.90 Å². The fourth-order valence-corrected chi connectivity index (χ4v) is 2.99. The van der Waals surface area contributed by atoms with Gasteiger partial charge in [-0.25, -0.2) is 13.6 Å². The molecule has 1 aromatic rings. The molecule has 6 heteroatoms. The lowest BCUT2D eigenvalue weighted by Crippen LogP contribution is -2.25. The number of amides is 1. The van der Waals surface area contributed by atoms with E-state index in [0.29, 0.717) is 17.7 Å². The molecule has 0 aromatic heterocycles. The molecule has 0 aliphatic heterocycles. The number of carbonyl (C=O) groups excluding carboxylic acids is 1. The number of sulfonamides is 1. The van der Waals surface area contributed by atoms with Crippen molar-refractivity contribution >= 4 is 15.9 Å². The maximum atomic E-state index is 12.1. The number of hydrogen-bond acceptors (Lipinski definition) is 3. The second-order valence-corrected chi connectivity index (χ2v) is 6.81. The molecule has 0 atom stereocenters. The van der Waals surface area contributed by atoms with Crippen LogP contribution >= 0.6 is 0 Å². The highest BCUT2D eigenvalue weighted by Crippen LogP contribution is 2.20. The molecule has 0 fully saturated rings. The zero-order valence-electron chi connectivity index (χ0n) is 12.9. The number of benzene rings is 1. The van der Waals surface area contributed by atoms with Crippen molar-refractivity contribution < 1.29 is 13.2 Å². The van der Waals surface area contributed by atoms with E-state index in [1.54, 1.807) is 19.9 Å². The van der Waals surface area contributed by atoms with Crippen molar-refractivity contribution in [1.29, 1.82) is 0 Å². The summed E-state index contributed by atoms with van der Waals surface area (Å²) in [5, 5.41) is 8.00. The molecule has 1 aromatic carbocycles. The molecule has 0 saturated carbocycles. The molecule has 1 rings (SSSR count). The van der Waals surface area contributed by atoms with Crippen LogP contribution in [0.1, 0.15) is 54.1 Å². The Morgan fingerprint density at radius 3 is 2.43 bits per heavy atom. The molecule has 0 radical (unpaired) electrons. The van der Waals surface area contributed by atoms with Gasteiger partial charge >= 0.3 is 0 Å². The molecular formula is C15H24N2O3S. The van der Waals surface area contributed by atoms with E-state index >= 15 is 0 Å². The summed E-state index contributed by atoms with van der Waals surface area (Å²) >= 11 is 0. The average molecular weight is 312 g/mol. The third-order valence-electron chi connectivity index (χ3n) is 3.50. The second-order valence-electron chi connectivity index (χ2n) is 5.28. The topological polar surface area (TPSA) is 89.3 Å². The van der Waals surface area contributed by atoms with Gasteiger partial charge in [-0.1, -0.05) is 26.2 Å². The van der Waals surface area contributed by atoms with E-state index in [-0.39, 0.29) is 10.8 Å². The predicted octanol–water partition coefficient (Wildman–Crippen LogP) is 2.26. The molecule has 21 heavy (non-hydrogen) atoms. The lowest BCUT2D eigenvalue weighted by atomic mass is 10.1. The van der Waals surface area contributed by atoms with E-state index in [1.807, 2.05) is 0 Å². The molecule has 0 aliphatic rings. The van der Waals surface area contributed by atoms with Crippen molar-refractivity contribution in [2.45, 2.75) is 51.3 Å². The van der Waals surface area contributed by atoms with Gasteiger partial charge in [-0.05, 0) is 43.5 Å². The summed E-state index contributed by atoms with van der Waals surface area (Å²) in [7, 11) is -3.82. The molecule has 0 aliphatic carbocycles. The Hall–Kier alpha value is -1.40. The minimum absolute atomic E-state index is 0.0126. The van der Waals surface area contributed by atoms with Gasteiger partial charge in [-0.2, -0.15) is 0 Å². The monoisotopic (exact) mass is 312 g/mol. The minimum atomic E-state index is -3.82. The number of rotatable bonds is 7. The Balaban J connectivity index is 2.84. The molecule has 0 spiro atoms. The fraction of sp³-hybridized carbons (Fsp3) is 0.533. The average Bonchev–Trinajstić information content (AvgIpc) is 2.39. The summed E-state index contributed by atoms with van der Waals surface area (Å²) in [6.07, 6.45) is 4.29. The summed E-state index contributed by atoms with van der Waals surface area (Å²) in [5.41, 5.74) is 1.65. The first-order valence-corrected chi connectivity index (χ1v) is 8.74. The molecule has 5 nitrogen and oxygen atoms in total. The molecule has 0 unspecified atom stereocenters. The zero-order valence-corrected chi connectivity index (χ0v) is 13.7. The van der Waals surface area contributed by atoms with Crippen molar-refractivity contribution in [3.63, 3.8) is 0 Å². The van der Waals surface area contributed by atoms with E-state index in [9.17, 15) is 13.2 Å². The molecular weight excluding hydrogens is 288 g/mol. The number of carbonyl (C=O) groups is 1. The quantitative estimate of drug-likeness (QED) is 0.757. The van der Waals surface area contributed by atoms with Gasteiger partial charge in [0.1, 0.15) is 0 Å². The highest BCUT2D eigenvalue weighted by molar-refractivity contribution is 7.89. The van der Waals surface area contributed by atoms with E-state index in [1.165, 1.54) is 6.07 Å². The number of unbranched alkanes of at least 4 members (excludes halogenated alkanes) is 3. The molecule has 0 saturated heterocycles. The predicted molar refractivity (Wildman–Crippen MR) is 83.8 cm³/mol. The van der Waals surface area contributed by atoms with Crippen LogP contribution in [0.5, 0.6) is 0 Å². The number of primary sulfonamides is 1. The Morgan fingerprint density at radius 2 is 1.86 bits per heavy atom. The summed E-state index contributed by atoms with van der Waals surface area (Å²) in [5.74, 6) is -0.264. The largest absolute Gasteiger partial charge is 0.352 e. The lowest BCUT2D eigenvalue weighted by molar-refractivity contribution is 0.0952. The normalized spacial score (nSPS) is 11.4. The highest BCUT2D eigenvalue weighted by Gasteiger charge is 2.17. The van der Waals surface area contributed by atoms with Crippen LogP contribution in [0.2, 0.25) is 0 Å². The van der Waals surface area contributed by atoms with Crippen molar-refractivity contribution in [2.75, 3.05) is 6.54 Å². The second kappa shape index (κ2) is 7.56. The van der Waals surface area contributed by atoms with E-state index < -0.39 is 10.0 Å². The fourth-order valence-electron chi connectivity index (χ4n) is 2.11. The molecule has 3 N–H and O–H groups in total. The standard InChI is InChI=1S/C15H24N2O3S/c1-4-5-6-7-8-17-15(18)13-9-11(2)12(3)14(10-13)21(16,19)20/h9-10H,4-8H2,1-3H3,(H,17,18)(H2,16,19,20). The van der Waals surface area contributed by atoms with Crippen LogP contribution in [0.25, 0.3) is 0 Å². The third-order valence-corrected chi connectivity index (χ3v) is 4.54. The summed E-state index contributed by atoms with van der Waals surface area (Å²) in [4.78, 5) is 12.1. The van der Waals surface area contributed by atoms with Crippen LogP contribution < -0.4 is 10.5 Å². The van der Waals surface area contributed by atoms with Crippen LogP contribution in [0.4, 0.5) is 0 Å².